The number of likely N-dealkylation sites (N-methyl/N-ethyl adjacent to an activating group) is 1. The highest BCUT2D eigenvalue weighted by Crippen LogP contribution is 2.24. The van der Waals surface area contributed by atoms with Crippen molar-refractivity contribution in [2.75, 3.05) is 34.4 Å². The molecule has 1 N–H and O–H groups in total. The molecule has 0 amide bonds. The number of ether oxygens (including phenoxy) is 2. The second-order valence-electron chi connectivity index (χ2n) is 8.07. The summed E-state index contributed by atoms with van der Waals surface area (Å²) in [5.74, 6) is 1.44. The van der Waals surface area contributed by atoms with Gasteiger partial charge in [-0.2, -0.15) is 4.31 Å². The molecule has 0 heterocycles. The van der Waals surface area contributed by atoms with Crippen LogP contribution in [0.3, 0.4) is 0 Å². The summed E-state index contributed by atoms with van der Waals surface area (Å²) >= 11 is 0. The molecule has 0 unspecified atom stereocenters. The Hall–Kier alpha value is -2.91. The van der Waals surface area contributed by atoms with Crippen molar-refractivity contribution in [3.8, 4) is 11.5 Å². The van der Waals surface area contributed by atoms with Crippen molar-refractivity contribution in [2.45, 2.75) is 24.5 Å². The number of aliphatic hydroxyl groups excluding tert-OH is 1. The van der Waals surface area contributed by atoms with Crippen LogP contribution in [0, 0.1) is 0 Å². The molecular formula is C26H32N2O5S. The average molecular weight is 485 g/mol. The standard InChI is InChI=1S/C26H32N2O5S/c1-27(16-17-29)18-21-8-14-26(15-9-21)34(30,31)28(19-22-4-10-24(32-2)11-5-22)20-23-6-12-25(33-3)13-7-23/h4-15,29H,16-20H2,1-3H3. The number of sulfonamides is 1. The second-order valence-corrected chi connectivity index (χ2v) is 10.0. The van der Waals surface area contributed by atoms with Gasteiger partial charge in [-0.3, -0.25) is 4.90 Å². The monoisotopic (exact) mass is 484 g/mol. The summed E-state index contributed by atoms with van der Waals surface area (Å²) in [5, 5.41) is 9.09. The number of nitrogens with zero attached hydrogens (tertiary/aromatic N) is 2. The van der Waals surface area contributed by atoms with Crippen molar-refractivity contribution < 1.29 is 23.0 Å². The van der Waals surface area contributed by atoms with E-state index in [9.17, 15) is 8.42 Å². The second kappa shape index (κ2) is 12.0. The van der Waals surface area contributed by atoms with E-state index in [2.05, 4.69) is 0 Å². The summed E-state index contributed by atoms with van der Waals surface area (Å²) in [6, 6.07) is 21.7. The van der Waals surface area contributed by atoms with Gasteiger partial charge in [0.2, 0.25) is 10.0 Å². The summed E-state index contributed by atoms with van der Waals surface area (Å²) in [6.07, 6.45) is 0. The lowest BCUT2D eigenvalue weighted by Crippen LogP contribution is -2.30. The summed E-state index contributed by atoms with van der Waals surface area (Å²) in [7, 11) is 1.34. The third-order valence-corrected chi connectivity index (χ3v) is 7.34. The molecule has 182 valence electrons. The predicted octanol–water partition coefficient (Wildman–Crippen LogP) is 3.52. The number of methoxy groups -OCH3 is 2. The van der Waals surface area contributed by atoms with Gasteiger partial charge in [0.05, 0.1) is 25.7 Å². The maximum absolute atomic E-state index is 13.7. The van der Waals surface area contributed by atoms with Crippen LogP contribution in [-0.4, -0.2) is 57.1 Å². The molecule has 3 rings (SSSR count). The Morgan fingerprint density at radius 3 is 1.53 bits per heavy atom. The molecule has 0 saturated heterocycles. The van der Waals surface area contributed by atoms with E-state index in [0.29, 0.717) is 13.1 Å². The minimum atomic E-state index is -3.77. The molecule has 0 aromatic heterocycles. The zero-order valence-corrected chi connectivity index (χ0v) is 20.7. The van der Waals surface area contributed by atoms with Crippen LogP contribution in [0.25, 0.3) is 0 Å². The van der Waals surface area contributed by atoms with Crippen LogP contribution in [0.2, 0.25) is 0 Å². The molecule has 0 radical (unpaired) electrons. The van der Waals surface area contributed by atoms with Crippen LogP contribution in [0.4, 0.5) is 0 Å². The molecule has 3 aromatic rings. The topological polar surface area (TPSA) is 79.3 Å². The molecule has 0 aliphatic heterocycles. The highest BCUT2D eigenvalue weighted by atomic mass is 32.2. The quantitative estimate of drug-likeness (QED) is 0.424. The fraction of sp³-hybridized carbons (Fsp3) is 0.308. The van der Waals surface area contributed by atoms with Gasteiger partial charge in [-0.25, -0.2) is 8.42 Å². The highest BCUT2D eigenvalue weighted by molar-refractivity contribution is 7.89. The Labute approximate surface area is 202 Å². The molecule has 0 bridgehead atoms. The van der Waals surface area contributed by atoms with Crippen LogP contribution in [0.5, 0.6) is 11.5 Å². The summed E-state index contributed by atoms with van der Waals surface area (Å²) in [4.78, 5) is 2.21. The molecule has 8 heteroatoms. The lowest BCUT2D eigenvalue weighted by atomic mass is 10.2. The fourth-order valence-electron chi connectivity index (χ4n) is 3.57. The first-order valence-corrected chi connectivity index (χ1v) is 12.4. The fourth-order valence-corrected chi connectivity index (χ4v) is 4.99. The molecule has 0 saturated carbocycles. The number of hydrogen-bond donors (Lipinski definition) is 1. The molecule has 0 fully saturated rings. The molecule has 7 nitrogen and oxygen atoms in total. The number of aliphatic hydroxyl groups is 1. The molecule has 0 aliphatic rings. The van der Waals surface area contributed by atoms with E-state index < -0.39 is 10.0 Å². The lowest BCUT2D eigenvalue weighted by Gasteiger charge is -2.23. The van der Waals surface area contributed by atoms with Gasteiger partial charge in [0.15, 0.2) is 0 Å². The van der Waals surface area contributed by atoms with Crippen LogP contribution >= 0.6 is 0 Å². The Bertz CT molecular complexity index is 1080. The van der Waals surface area contributed by atoms with Gasteiger partial charge in [0.1, 0.15) is 11.5 Å². The lowest BCUT2D eigenvalue weighted by molar-refractivity contribution is 0.217. The van der Waals surface area contributed by atoms with Crippen LogP contribution in [0.15, 0.2) is 77.7 Å². The molecule has 34 heavy (non-hydrogen) atoms. The number of hydrogen-bond acceptors (Lipinski definition) is 6. The van der Waals surface area contributed by atoms with Crippen LogP contribution < -0.4 is 9.47 Å². The van der Waals surface area contributed by atoms with E-state index >= 15 is 0 Å². The number of rotatable bonds is 12. The minimum absolute atomic E-state index is 0.0780. The third kappa shape index (κ3) is 6.80. The van der Waals surface area contributed by atoms with Gasteiger partial charge < -0.3 is 14.6 Å². The Balaban J connectivity index is 1.87. The Kier molecular flexibility index (Phi) is 9.06. The first-order valence-electron chi connectivity index (χ1n) is 11.0. The van der Waals surface area contributed by atoms with E-state index in [1.165, 1.54) is 4.31 Å². The van der Waals surface area contributed by atoms with E-state index in [1.807, 2.05) is 72.6 Å². The zero-order chi connectivity index (χ0) is 24.6. The highest BCUT2D eigenvalue weighted by Gasteiger charge is 2.25. The predicted molar refractivity (Wildman–Crippen MR) is 132 cm³/mol. The third-order valence-electron chi connectivity index (χ3n) is 5.53. The zero-order valence-electron chi connectivity index (χ0n) is 19.8. The van der Waals surface area contributed by atoms with Crippen molar-refractivity contribution >= 4 is 10.0 Å². The Morgan fingerprint density at radius 2 is 1.12 bits per heavy atom. The smallest absolute Gasteiger partial charge is 0.243 e. The van der Waals surface area contributed by atoms with E-state index in [0.717, 1.165) is 28.2 Å². The van der Waals surface area contributed by atoms with Gasteiger partial charge >= 0.3 is 0 Å². The van der Waals surface area contributed by atoms with Crippen LogP contribution in [0.1, 0.15) is 16.7 Å². The van der Waals surface area contributed by atoms with E-state index in [1.54, 1.807) is 26.4 Å². The molecule has 0 spiro atoms. The van der Waals surface area contributed by atoms with Gasteiger partial charge in [0, 0.05) is 26.2 Å². The van der Waals surface area contributed by atoms with E-state index in [4.69, 9.17) is 14.6 Å². The van der Waals surface area contributed by atoms with Gasteiger partial charge in [0.25, 0.3) is 0 Å². The normalized spacial score (nSPS) is 11.7. The maximum atomic E-state index is 13.7. The van der Waals surface area contributed by atoms with Gasteiger partial charge in [-0.1, -0.05) is 36.4 Å². The summed E-state index contributed by atoms with van der Waals surface area (Å²) < 4.78 is 39.2. The van der Waals surface area contributed by atoms with Crippen molar-refractivity contribution in [2.24, 2.45) is 0 Å². The van der Waals surface area contributed by atoms with Gasteiger partial charge in [-0.15, -0.1) is 0 Å². The van der Waals surface area contributed by atoms with Crippen LogP contribution in [-0.2, 0) is 29.7 Å². The molecule has 3 aromatic carbocycles. The number of benzene rings is 3. The van der Waals surface area contributed by atoms with Crippen molar-refractivity contribution in [1.82, 2.24) is 9.21 Å². The molecule has 0 aliphatic carbocycles. The largest absolute Gasteiger partial charge is 0.497 e. The summed E-state index contributed by atoms with van der Waals surface area (Å²) in [5.41, 5.74) is 2.70. The SMILES string of the molecule is COc1ccc(CN(Cc2ccc(OC)cc2)S(=O)(=O)c2ccc(CN(C)CCO)cc2)cc1. The first kappa shape index (κ1) is 25.7. The Morgan fingerprint density at radius 1 is 0.706 bits per heavy atom. The van der Waals surface area contributed by atoms with Crippen molar-refractivity contribution in [1.29, 1.82) is 0 Å². The first-order chi connectivity index (χ1) is 16.3. The maximum Gasteiger partial charge on any atom is 0.243 e. The van der Waals surface area contributed by atoms with E-state index in [-0.39, 0.29) is 24.6 Å². The summed E-state index contributed by atoms with van der Waals surface area (Å²) in [6.45, 7) is 1.70. The van der Waals surface area contributed by atoms with Gasteiger partial charge in [-0.05, 0) is 60.1 Å². The molecule has 0 atom stereocenters. The molecular weight excluding hydrogens is 452 g/mol. The minimum Gasteiger partial charge on any atom is -0.497 e. The van der Waals surface area contributed by atoms with Crippen molar-refractivity contribution in [3.63, 3.8) is 0 Å². The average Bonchev–Trinajstić information content (AvgIpc) is 2.85. The van der Waals surface area contributed by atoms with Crippen molar-refractivity contribution in [3.05, 3.63) is 89.5 Å².